The molecular weight excluding hydrogens is 206 g/mol. The van der Waals surface area contributed by atoms with Crippen LogP contribution in [0.25, 0.3) is 0 Å². The number of phosphoric acid groups is 1. The summed E-state index contributed by atoms with van der Waals surface area (Å²) in [5, 5.41) is 0. The molecule has 8 heteroatoms. The normalized spacial score (nSPS) is 17.3. The molecule has 0 radical (unpaired) electrons. The maximum Gasteiger partial charge on any atom is 0.476 e. The van der Waals surface area contributed by atoms with Crippen LogP contribution < -0.4 is 0 Å². The average Bonchev–Trinajstić information content (AvgIpc) is 1.84. The zero-order chi connectivity index (χ0) is 9.83. The van der Waals surface area contributed by atoms with Gasteiger partial charge in [-0.05, 0) is 6.92 Å². The Labute approximate surface area is 70.7 Å². The highest BCUT2D eigenvalue weighted by Gasteiger charge is 2.31. The summed E-state index contributed by atoms with van der Waals surface area (Å²) in [5.74, 6) is 0. The van der Waals surface area contributed by atoms with Gasteiger partial charge in [0.25, 0.3) is 0 Å². The minimum Gasteiger partial charge on any atom is -0.309 e. The van der Waals surface area contributed by atoms with Crippen LogP contribution >= 0.6 is 15.4 Å². The van der Waals surface area contributed by atoms with Crippen LogP contribution in [0.3, 0.4) is 0 Å². The zero-order valence-corrected chi connectivity index (χ0v) is 8.62. The Kier molecular flexibility index (Phi) is 4.62. The molecule has 0 aliphatic rings. The molecule has 6 nitrogen and oxygen atoms in total. The predicted molar refractivity (Wildman–Crippen MR) is 42.9 cm³/mol. The summed E-state index contributed by atoms with van der Waals surface area (Å²) in [5.41, 5.74) is 0. The molecule has 0 rings (SSSR count). The second-order valence-electron chi connectivity index (χ2n) is 1.92. The van der Waals surface area contributed by atoms with E-state index in [4.69, 9.17) is 9.79 Å². The van der Waals surface area contributed by atoms with Gasteiger partial charge in [-0.3, -0.25) is 4.57 Å². The van der Waals surface area contributed by atoms with E-state index in [1.54, 1.807) is 6.92 Å². The zero-order valence-electron chi connectivity index (χ0n) is 6.84. The molecule has 0 fully saturated rings. The van der Waals surface area contributed by atoms with Gasteiger partial charge in [0.2, 0.25) is 0 Å². The van der Waals surface area contributed by atoms with E-state index in [1.165, 1.54) is 6.92 Å². The van der Waals surface area contributed by atoms with Crippen molar-refractivity contribution >= 4 is 15.4 Å². The molecule has 1 atom stereocenters. The Morgan fingerprint density at radius 2 is 1.75 bits per heavy atom. The summed E-state index contributed by atoms with van der Waals surface area (Å²) in [6.07, 6.45) is -0.0635. The van der Waals surface area contributed by atoms with Gasteiger partial charge in [-0.15, -0.1) is 0 Å². The molecular formula is C4H12O6P2. The van der Waals surface area contributed by atoms with Crippen LogP contribution in [-0.2, 0) is 18.0 Å². The molecule has 0 aliphatic heterocycles. The van der Waals surface area contributed by atoms with Gasteiger partial charge >= 0.3 is 15.4 Å². The van der Waals surface area contributed by atoms with Crippen LogP contribution in [0.4, 0.5) is 0 Å². The highest BCUT2D eigenvalue weighted by atomic mass is 31.3. The van der Waals surface area contributed by atoms with Gasteiger partial charge in [0.05, 0.1) is 6.61 Å². The van der Waals surface area contributed by atoms with Crippen molar-refractivity contribution in [2.45, 2.75) is 13.8 Å². The third kappa shape index (κ3) is 5.04. The first-order valence-electron chi connectivity index (χ1n) is 3.33. The van der Waals surface area contributed by atoms with Gasteiger partial charge in [-0.2, -0.15) is 0 Å². The largest absolute Gasteiger partial charge is 0.476 e. The van der Waals surface area contributed by atoms with Crippen LogP contribution in [0.5, 0.6) is 0 Å². The van der Waals surface area contributed by atoms with Gasteiger partial charge in [-0.25, -0.2) is 8.88 Å². The number of hydrogen-bond donors (Lipinski definition) is 2. The SMILES string of the molecule is CCOP(=O)(CC)OP(=O)(O)O. The fourth-order valence-corrected chi connectivity index (χ4v) is 3.05. The molecule has 12 heavy (non-hydrogen) atoms. The van der Waals surface area contributed by atoms with E-state index in [9.17, 15) is 9.13 Å². The molecule has 74 valence electrons. The van der Waals surface area contributed by atoms with Gasteiger partial charge in [0.1, 0.15) is 0 Å². The van der Waals surface area contributed by atoms with Crippen molar-refractivity contribution in [1.82, 2.24) is 0 Å². The minimum atomic E-state index is -4.72. The summed E-state index contributed by atoms with van der Waals surface area (Å²) in [6.45, 7) is 3.11. The number of rotatable bonds is 5. The average molecular weight is 218 g/mol. The molecule has 0 heterocycles. The van der Waals surface area contributed by atoms with E-state index in [2.05, 4.69) is 8.83 Å². The Morgan fingerprint density at radius 1 is 1.25 bits per heavy atom. The van der Waals surface area contributed by atoms with Crippen molar-refractivity contribution in [3.63, 3.8) is 0 Å². The fourth-order valence-electron chi connectivity index (χ4n) is 0.531. The highest BCUT2D eigenvalue weighted by molar-refractivity contribution is 7.64. The second-order valence-corrected chi connectivity index (χ2v) is 5.66. The van der Waals surface area contributed by atoms with E-state index in [0.29, 0.717) is 0 Å². The second kappa shape index (κ2) is 4.51. The molecule has 1 unspecified atom stereocenters. The fraction of sp³-hybridized carbons (Fsp3) is 1.00. The maximum atomic E-state index is 11.3. The van der Waals surface area contributed by atoms with Crippen LogP contribution in [0.1, 0.15) is 13.8 Å². The summed E-state index contributed by atoms with van der Waals surface area (Å²) in [4.78, 5) is 16.7. The molecule has 0 saturated heterocycles. The van der Waals surface area contributed by atoms with Crippen LogP contribution in [0, 0.1) is 0 Å². The molecule has 0 bridgehead atoms. The van der Waals surface area contributed by atoms with E-state index < -0.39 is 15.4 Å². The van der Waals surface area contributed by atoms with Crippen molar-refractivity contribution in [2.75, 3.05) is 12.8 Å². The molecule has 0 amide bonds. The van der Waals surface area contributed by atoms with E-state index in [1.807, 2.05) is 0 Å². The summed E-state index contributed by atoms with van der Waals surface area (Å²) in [7, 11) is -8.31. The summed E-state index contributed by atoms with van der Waals surface area (Å²) in [6, 6.07) is 0. The maximum absolute atomic E-state index is 11.3. The molecule has 0 aromatic rings. The first-order valence-corrected chi connectivity index (χ1v) is 6.59. The van der Waals surface area contributed by atoms with Crippen molar-refractivity contribution < 1.29 is 27.8 Å². The van der Waals surface area contributed by atoms with E-state index in [0.717, 1.165) is 0 Å². The Balaban J connectivity index is 4.35. The lowest BCUT2D eigenvalue weighted by Crippen LogP contribution is -1.96. The van der Waals surface area contributed by atoms with E-state index in [-0.39, 0.29) is 12.8 Å². The van der Waals surface area contributed by atoms with Gasteiger partial charge in [0, 0.05) is 6.16 Å². The molecule has 2 N–H and O–H groups in total. The predicted octanol–water partition coefficient (Wildman–Crippen LogP) is 1.35. The third-order valence-electron chi connectivity index (χ3n) is 0.944. The first-order chi connectivity index (χ1) is 5.33. The smallest absolute Gasteiger partial charge is 0.309 e. The Morgan fingerprint density at radius 3 is 2.00 bits per heavy atom. The lowest BCUT2D eigenvalue weighted by atomic mass is 10.9. The summed E-state index contributed by atoms with van der Waals surface area (Å²) >= 11 is 0. The van der Waals surface area contributed by atoms with Crippen LogP contribution in [0.15, 0.2) is 0 Å². The Bertz CT molecular complexity index is 220. The minimum absolute atomic E-state index is 0.0635. The monoisotopic (exact) mass is 218 g/mol. The molecule has 0 spiro atoms. The van der Waals surface area contributed by atoms with Gasteiger partial charge < -0.3 is 14.3 Å². The molecule has 0 aliphatic carbocycles. The highest BCUT2D eigenvalue weighted by Crippen LogP contribution is 2.59. The molecule has 0 aromatic carbocycles. The lowest BCUT2D eigenvalue weighted by Gasteiger charge is -2.15. The topological polar surface area (TPSA) is 93.1 Å². The quantitative estimate of drug-likeness (QED) is 0.676. The third-order valence-corrected chi connectivity index (χ3v) is 4.22. The summed E-state index contributed by atoms with van der Waals surface area (Å²) < 4.78 is 30.2. The van der Waals surface area contributed by atoms with Crippen molar-refractivity contribution in [3.05, 3.63) is 0 Å². The Hall–Kier alpha value is 0.300. The van der Waals surface area contributed by atoms with Crippen molar-refractivity contribution in [1.29, 1.82) is 0 Å². The van der Waals surface area contributed by atoms with Crippen LogP contribution in [-0.4, -0.2) is 22.6 Å². The standard InChI is InChI=1S/C4H12O6P2/c1-3-9-11(5,4-2)10-12(6,7)8/h3-4H2,1-2H3,(H2,6,7,8). The van der Waals surface area contributed by atoms with Crippen LogP contribution in [0.2, 0.25) is 0 Å². The molecule has 0 saturated carbocycles. The van der Waals surface area contributed by atoms with Gasteiger partial charge in [-0.1, -0.05) is 6.92 Å². The first kappa shape index (κ1) is 12.3. The molecule has 0 aromatic heterocycles. The number of hydrogen-bond acceptors (Lipinski definition) is 4. The van der Waals surface area contributed by atoms with Crippen molar-refractivity contribution in [3.8, 4) is 0 Å². The van der Waals surface area contributed by atoms with E-state index >= 15 is 0 Å². The van der Waals surface area contributed by atoms with Gasteiger partial charge in [0.15, 0.2) is 0 Å². The lowest BCUT2D eigenvalue weighted by molar-refractivity contribution is 0.233. The van der Waals surface area contributed by atoms with Crippen molar-refractivity contribution in [2.24, 2.45) is 0 Å².